The molecule has 0 bridgehead atoms. The van der Waals surface area contributed by atoms with E-state index in [2.05, 4.69) is 34.7 Å². The van der Waals surface area contributed by atoms with Gasteiger partial charge in [-0.05, 0) is 19.1 Å². The molecule has 2 aromatic heterocycles. The fraction of sp³-hybridized carbons (Fsp3) is 0.476. The number of aromatic nitrogens is 4. The number of halogens is 1. The summed E-state index contributed by atoms with van der Waals surface area (Å²) in [7, 11) is 1.99. The van der Waals surface area contributed by atoms with Gasteiger partial charge in [0.1, 0.15) is 23.2 Å². The zero-order valence-corrected chi connectivity index (χ0v) is 18.3. The van der Waals surface area contributed by atoms with Crippen LogP contribution >= 0.6 is 11.6 Å². The first kappa shape index (κ1) is 19.4. The number of nitrogens with one attached hydrogen (secondary N) is 1. The van der Waals surface area contributed by atoms with Crippen molar-refractivity contribution in [2.75, 3.05) is 31.6 Å². The Morgan fingerprint density at radius 1 is 1.17 bits per heavy atom. The van der Waals surface area contributed by atoms with Gasteiger partial charge in [0.05, 0.1) is 30.1 Å². The number of hydrogen-bond donors (Lipinski definition) is 1. The van der Waals surface area contributed by atoms with Crippen LogP contribution < -0.4 is 5.32 Å². The number of hydrogen-bond acceptors (Lipinski definition) is 6. The van der Waals surface area contributed by atoms with E-state index in [4.69, 9.17) is 31.3 Å². The molecule has 8 nitrogen and oxygen atoms in total. The van der Waals surface area contributed by atoms with Crippen LogP contribution in [0.15, 0.2) is 29.3 Å². The molecule has 0 spiro atoms. The van der Waals surface area contributed by atoms with Gasteiger partial charge in [0, 0.05) is 26.6 Å². The van der Waals surface area contributed by atoms with Gasteiger partial charge < -0.3 is 19.5 Å². The van der Waals surface area contributed by atoms with Crippen molar-refractivity contribution in [2.24, 2.45) is 12.0 Å². The summed E-state index contributed by atoms with van der Waals surface area (Å²) in [6.07, 6.45) is 0.805. The third-order valence-electron chi connectivity index (χ3n) is 5.89. The minimum Gasteiger partial charge on any atom is -0.378 e. The molecule has 3 aromatic rings. The number of nitrogens with zero attached hydrogens (tertiary/aromatic N) is 6. The monoisotopic (exact) mass is 427 g/mol. The summed E-state index contributed by atoms with van der Waals surface area (Å²) in [5.74, 6) is 3.18. The maximum absolute atomic E-state index is 6.18. The Morgan fingerprint density at radius 2 is 1.93 bits per heavy atom. The SMILES string of the molecule is CCc1nc2ccccc2n1C1(C)N=C(N2CCOCC2)c2nc(CCl)n(C)c2N1. The van der Waals surface area contributed by atoms with Crippen molar-refractivity contribution in [1.82, 2.24) is 24.0 Å². The van der Waals surface area contributed by atoms with E-state index in [1.807, 2.05) is 29.8 Å². The summed E-state index contributed by atoms with van der Waals surface area (Å²) in [6, 6.07) is 8.20. The first-order valence-corrected chi connectivity index (χ1v) is 10.9. The van der Waals surface area contributed by atoms with Crippen LogP contribution in [0.25, 0.3) is 11.0 Å². The molecule has 30 heavy (non-hydrogen) atoms. The smallest absolute Gasteiger partial charge is 0.213 e. The lowest BCUT2D eigenvalue weighted by Gasteiger charge is -2.39. The zero-order valence-electron chi connectivity index (χ0n) is 17.5. The molecule has 0 amide bonds. The van der Waals surface area contributed by atoms with E-state index < -0.39 is 5.79 Å². The number of ether oxygens (including phenoxy) is 1. The van der Waals surface area contributed by atoms with Gasteiger partial charge in [-0.2, -0.15) is 0 Å². The molecule has 1 N–H and O–H groups in total. The van der Waals surface area contributed by atoms with Crippen LogP contribution in [0.1, 0.15) is 31.2 Å². The minimum absolute atomic E-state index is 0.340. The van der Waals surface area contributed by atoms with Gasteiger partial charge in [-0.1, -0.05) is 19.1 Å². The largest absolute Gasteiger partial charge is 0.378 e. The first-order chi connectivity index (χ1) is 14.6. The van der Waals surface area contributed by atoms with Gasteiger partial charge in [-0.3, -0.25) is 4.57 Å². The van der Waals surface area contributed by atoms with Crippen LogP contribution in [0, 0.1) is 0 Å². The molecule has 0 radical (unpaired) electrons. The third-order valence-corrected chi connectivity index (χ3v) is 6.13. The predicted octanol–water partition coefficient (Wildman–Crippen LogP) is 2.91. The second kappa shape index (κ2) is 7.28. The number of aliphatic imine (C=N–C) groups is 1. The lowest BCUT2D eigenvalue weighted by atomic mass is 10.2. The van der Waals surface area contributed by atoms with E-state index in [0.717, 1.165) is 59.5 Å². The molecule has 2 aliphatic heterocycles. The molecule has 1 fully saturated rings. The number of imidazole rings is 2. The van der Waals surface area contributed by atoms with Crippen molar-refractivity contribution in [1.29, 1.82) is 0 Å². The maximum atomic E-state index is 6.18. The number of morpholine rings is 1. The number of amidine groups is 1. The van der Waals surface area contributed by atoms with E-state index in [0.29, 0.717) is 19.1 Å². The van der Waals surface area contributed by atoms with Crippen LogP contribution in [-0.4, -0.2) is 56.1 Å². The molecule has 2 aliphatic rings. The van der Waals surface area contributed by atoms with Crippen LogP contribution in [0.3, 0.4) is 0 Å². The number of fused-ring (bicyclic) bond motifs is 2. The normalized spacial score (nSPS) is 21.5. The summed E-state index contributed by atoms with van der Waals surface area (Å²) < 4.78 is 9.81. The highest BCUT2D eigenvalue weighted by Crippen LogP contribution is 2.35. The molecule has 0 aliphatic carbocycles. The molecule has 158 valence electrons. The second-order valence-corrected chi connectivity index (χ2v) is 8.07. The molecule has 4 heterocycles. The van der Waals surface area contributed by atoms with Crippen molar-refractivity contribution >= 4 is 34.3 Å². The van der Waals surface area contributed by atoms with Gasteiger partial charge >= 0.3 is 0 Å². The second-order valence-electron chi connectivity index (χ2n) is 7.80. The van der Waals surface area contributed by atoms with Gasteiger partial charge in [-0.15, -0.1) is 11.6 Å². The highest BCUT2D eigenvalue weighted by atomic mass is 35.5. The fourth-order valence-electron chi connectivity index (χ4n) is 4.38. The quantitative estimate of drug-likeness (QED) is 0.650. The third kappa shape index (κ3) is 2.89. The molecule has 9 heteroatoms. The standard InChI is InChI=1S/C21H26ClN7O/c1-4-16-23-14-7-5-6-8-15(14)29(16)21(2)25-19-18(24-17(13-22)27(19)3)20(26-21)28-9-11-30-12-10-28/h5-8,25H,4,9-13H2,1-3H3. The van der Waals surface area contributed by atoms with Gasteiger partial charge in [0.25, 0.3) is 0 Å². The van der Waals surface area contributed by atoms with Crippen molar-refractivity contribution in [3.8, 4) is 0 Å². The number of benzene rings is 1. The Morgan fingerprint density at radius 3 is 2.67 bits per heavy atom. The summed E-state index contributed by atoms with van der Waals surface area (Å²) in [5.41, 5.74) is 2.87. The Hall–Kier alpha value is -2.58. The molecular weight excluding hydrogens is 402 g/mol. The molecule has 1 atom stereocenters. The zero-order chi connectivity index (χ0) is 20.9. The van der Waals surface area contributed by atoms with Crippen LogP contribution in [0.4, 0.5) is 5.82 Å². The van der Waals surface area contributed by atoms with Gasteiger partial charge in [0.15, 0.2) is 5.84 Å². The highest BCUT2D eigenvalue weighted by Gasteiger charge is 2.39. The molecule has 1 saturated heterocycles. The first-order valence-electron chi connectivity index (χ1n) is 10.3. The highest BCUT2D eigenvalue weighted by molar-refractivity contribution is 6.17. The van der Waals surface area contributed by atoms with E-state index in [1.54, 1.807) is 0 Å². The average molecular weight is 428 g/mol. The summed E-state index contributed by atoms with van der Waals surface area (Å²) in [4.78, 5) is 17.2. The average Bonchev–Trinajstić information content (AvgIpc) is 3.32. The lowest BCUT2D eigenvalue weighted by Crippen LogP contribution is -2.48. The molecular formula is C21H26ClN7O. The summed E-state index contributed by atoms with van der Waals surface area (Å²) in [6.45, 7) is 7.15. The lowest BCUT2D eigenvalue weighted by molar-refractivity contribution is 0.0675. The molecule has 1 aromatic carbocycles. The number of rotatable bonds is 3. The summed E-state index contributed by atoms with van der Waals surface area (Å²) in [5, 5.41) is 3.65. The Balaban J connectivity index is 1.73. The number of para-hydroxylation sites is 2. The Bertz CT molecular complexity index is 1130. The van der Waals surface area contributed by atoms with Crippen molar-refractivity contribution in [3.63, 3.8) is 0 Å². The molecule has 5 rings (SSSR count). The number of alkyl halides is 1. The van der Waals surface area contributed by atoms with Crippen molar-refractivity contribution in [3.05, 3.63) is 41.6 Å². The molecule has 0 saturated carbocycles. The van der Waals surface area contributed by atoms with Crippen LogP contribution in [0.2, 0.25) is 0 Å². The number of aryl methyl sites for hydroxylation is 1. The Labute approximate surface area is 180 Å². The summed E-state index contributed by atoms with van der Waals surface area (Å²) >= 11 is 6.18. The number of anilines is 1. The maximum Gasteiger partial charge on any atom is 0.213 e. The van der Waals surface area contributed by atoms with E-state index in [9.17, 15) is 0 Å². The van der Waals surface area contributed by atoms with Crippen molar-refractivity contribution < 1.29 is 4.74 Å². The predicted molar refractivity (Wildman–Crippen MR) is 118 cm³/mol. The van der Waals surface area contributed by atoms with Crippen LogP contribution in [-0.2, 0) is 29.9 Å². The minimum atomic E-state index is -0.751. The van der Waals surface area contributed by atoms with E-state index in [1.165, 1.54) is 0 Å². The molecule has 1 unspecified atom stereocenters. The fourth-order valence-corrected chi connectivity index (χ4v) is 4.61. The van der Waals surface area contributed by atoms with Crippen LogP contribution in [0.5, 0.6) is 0 Å². The van der Waals surface area contributed by atoms with E-state index >= 15 is 0 Å². The Kier molecular flexibility index (Phi) is 4.71. The topological polar surface area (TPSA) is 72.5 Å². The van der Waals surface area contributed by atoms with E-state index in [-0.39, 0.29) is 0 Å². The van der Waals surface area contributed by atoms with Gasteiger partial charge in [-0.25, -0.2) is 15.0 Å². The van der Waals surface area contributed by atoms with Crippen molar-refractivity contribution in [2.45, 2.75) is 31.9 Å². The van der Waals surface area contributed by atoms with Gasteiger partial charge in [0.2, 0.25) is 5.79 Å².